The summed E-state index contributed by atoms with van der Waals surface area (Å²) in [5, 5.41) is 23.2. The van der Waals surface area contributed by atoms with E-state index in [2.05, 4.69) is 9.88 Å². The topological polar surface area (TPSA) is 113 Å². The molecule has 0 radical (unpaired) electrons. The third kappa shape index (κ3) is 6.81. The number of aryl methyl sites for hydroxylation is 1. The van der Waals surface area contributed by atoms with Gasteiger partial charge in [0.1, 0.15) is 34.2 Å². The molecule has 8 rings (SSSR count). The smallest absolute Gasteiger partial charge is 0.319 e. The summed E-state index contributed by atoms with van der Waals surface area (Å²) in [6.45, 7) is 6.17. The fourth-order valence-corrected chi connectivity index (χ4v) is 9.93. The van der Waals surface area contributed by atoms with Crippen LogP contribution in [0.1, 0.15) is 77.2 Å². The van der Waals surface area contributed by atoms with Crippen LogP contribution in [-0.2, 0) is 15.9 Å². The van der Waals surface area contributed by atoms with Crippen molar-refractivity contribution in [3.63, 3.8) is 0 Å². The van der Waals surface area contributed by atoms with Crippen LogP contribution in [0.2, 0.25) is 0 Å². The van der Waals surface area contributed by atoms with Gasteiger partial charge in [0, 0.05) is 42.9 Å². The lowest BCUT2D eigenvalue weighted by atomic mass is 9.74. The molecule has 2 aliphatic carbocycles. The zero-order chi connectivity index (χ0) is 36.9. The Bertz CT molecular complexity index is 1990. The zero-order valence-corrected chi connectivity index (χ0v) is 31.0. The van der Waals surface area contributed by atoms with Crippen LogP contribution < -0.4 is 9.64 Å². The minimum absolute atomic E-state index is 0.00592. The molecule has 4 heterocycles. The average molecular weight is 732 g/mol. The Kier molecular flexibility index (Phi) is 9.93. The molecule has 3 unspecified atom stereocenters. The maximum Gasteiger partial charge on any atom is 0.319 e. The Hall–Kier alpha value is -3.71. The number of aliphatic hydroxyl groups is 1. The summed E-state index contributed by atoms with van der Waals surface area (Å²) < 4.78 is 50.2. The molecular formula is C41H51F2N5O5. The van der Waals surface area contributed by atoms with Gasteiger partial charge < -0.3 is 29.3 Å². The number of ether oxygens (including phenoxy) is 3. The number of anilines is 1. The van der Waals surface area contributed by atoms with Crippen molar-refractivity contribution in [3.05, 3.63) is 47.7 Å². The van der Waals surface area contributed by atoms with Crippen LogP contribution in [0.25, 0.3) is 32.9 Å². The van der Waals surface area contributed by atoms with Gasteiger partial charge in [-0.3, -0.25) is 9.88 Å². The van der Waals surface area contributed by atoms with E-state index in [0.717, 1.165) is 64.3 Å². The van der Waals surface area contributed by atoms with Crippen molar-refractivity contribution in [2.45, 2.75) is 102 Å². The molecule has 2 saturated heterocycles. The molecular weight excluding hydrogens is 680 g/mol. The van der Waals surface area contributed by atoms with Crippen molar-refractivity contribution < 1.29 is 33.2 Å². The molecule has 4 aliphatic rings. The molecule has 12 heteroatoms. The lowest BCUT2D eigenvalue weighted by Gasteiger charge is -2.50. The van der Waals surface area contributed by atoms with Crippen molar-refractivity contribution in [1.29, 1.82) is 0 Å². The number of hydrogen-bond acceptors (Lipinski definition) is 10. The minimum atomic E-state index is -1.17. The van der Waals surface area contributed by atoms with Gasteiger partial charge in [-0.2, -0.15) is 9.97 Å². The van der Waals surface area contributed by atoms with Crippen LogP contribution in [-0.4, -0.2) is 100 Å². The van der Waals surface area contributed by atoms with Crippen LogP contribution in [0.15, 0.2) is 30.5 Å². The number of phenolic OH excluding ortho intramolecular Hbond substituents is 1. The van der Waals surface area contributed by atoms with Crippen LogP contribution in [0.5, 0.6) is 11.8 Å². The number of aromatic hydroxyl groups is 1. The molecule has 10 nitrogen and oxygen atoms in total. The highest BCUT2D eigenvalue weighted by molar-refractivity contribution is 6.01. The maximum absolute atomic E-state index is 17.1. The van der Waals surface area contributed by atoms with Crippen molar-refractivity contribution in [1.82, 2.24) is 19.9 Å². The predicted molar refractivity (Wildman–Crippen MR) is 199 cm³/mol. The van der Waals surface area contributed by atoms with E-state index < -0.39 is 17.2 Å². The average Bonchev–Trinajstić information content (AvgIpc) is 3.51. The summed E-state index contributed by atoms with van der Waals surface area (Å²) in [7, 11) is 1.82. The molecule has 53 heavy (non-hydrogen) atoms. The third-order valence-electron chi connectivity index (χ3n) is 12.4. The van der Waals surface area contributed by atoms with Gasteiger partial charge in [-0.15, -0.1) is 0 Å². The number of fused-ring (bicyclic) bond motifs is 3. The number of methoxy groups -OCH3 is 1. The summed E-state index contributed by atoms with van der Waals surface area (Å²) in [5.74, 6) is -0.812. The van der Waals surface area contributed by atoms with Gasteiger partial charge in [0.2, 0.25) is 0 Å². The molecule has 2 aromatic carbocycles. The first-order valence-electron chi connectivity index (χ1n) is 19.4. The summed E-state index contributed by atoms with van der Waals surface area (Å²) >= 11 is 0. The number of benzene rings is 2. The first-order chi connectivity index (χ1) is 25.6. The monoisotopic (exact) mass is 731 g/mol. The van der Waals surface area contributed by atoms with E-state index in [0.29, 0.717) is 71.9 Å². The highest BCUT2D eigenvalue weighted by atomic mass is 19.1. The standard InChI is InChI=1S/C41H51F2N5O5/c1-4-29-32(42)13-8-25-19-27(49)20-30(34(25)29)36-35(43)37-31(21-44-36)38(47-17-18-52-23-40(2,50)22-47)46-39(45-37)53-24-41-14-5-7-33(41)48(16-6-15-41)26-9-11-28(51-3)12-10-26/h8,13,19-21,26,28,33,49-50H,4-7,9-12,14-18,22-24H2,1-3H3. The second kappa shape index (κ2) is 14.5. The second-order valence-corrected chi connectivity index (χ2v) is 16.0. The van der Waals surface area contributed by atoms with Crippen LogP contribution in [0.4, 0.5) is 14.6 Å². The number of nitrogens with zero attached hydrogens (tertiary/aromatic N) is 5. The number of piperidine rings is 1. The van der Waals surface area contributed by atoms with Crippen LogP contribution >= 0.6 is 0 Å². The first-order valence-corrected chi connectivity index (χ1v) is 19.4. The highest BCUT2D eigenvalue weighted by Crippen LogP contribution is 2.50. The molecule has 2 N–H and O–H groups in total. The second-order valence-electron chi connectivity index (χ2n) is 16.0. The molecule has 0 amide bonds. The maximum atomic E-state index is 17.1. The summed E-state index contributed by atoms with van der Waals surface area (Å²) in [5.41, 5.74) is -0.591. The molecule has 2 saturated carbocycles. The molecule has 2 aromatic heterocycles. The number of phenols is 1. The quantitative estimate of drug-likeness (QED) is 0.198. The van der Waals surface area contributed by atoms with E-state index >= 15 is 8.78 Å². The van der Waals surface area contributed by atoms with Crippen molar-refractivity contribution in [2.75, 3.05) is 51.5 Å². The van der Waals surface area contributed by atoms with Gasteiger partial charge in [-0.05, 0) is 106 Å². The largest absolute Gasteiger partial charge is 0.508 e. The van der Waals surface area contributed by atoms with Gasteiger partial charge in [-0.25, -0.2) is 8.78 Å². The van der Waals surface area contributed by atoms with Gasteiger partial charge in [0.05, 0.1) is 37.9 Å². The van der Waals surface area contributed by atoms with Crippen molar-refractivity contribution in [2.24, 2.45) is 5.41 Å². The van der Waals surface area contributed by atoms with Gasteiger partial charge in [0.15, 0.2) is 5.82 Å². The fraction of sp³-hybridized carbons (Fsp3) is 0.585. The number of β-amino-alcohol motifs (C(OH)–C–C–N with tert-alkyl or cyclic N) is 1. The Labute approximate surface area is 309 Å². The highest BCUT2D eigenvalue weighted by Gasteiger charge is 2.50. The number of rotatable bonds is 8. The van der Waals surface area contributed by atoms with E-state index in [1.165, 1.54) is 18.3 Å². The van der Waals surface area contributed by atoms with E-state index in [9.17, 15) is 10.2 Å². The van der Waals surface area contributed by atoms with Crippen molar-refractivity contribution in [3.8, 4) is 23.0 Å². The Morgan fingerprint density at radius 3 is 2.64 bits per heavy atom. The fourth-order valence-electron chi connectivity index (χ4n) is 9.93. The number of pyridine rings is 1. The number of likely N-dealkylation sites (tertiary alicyclic amines) is 1. The van der Waals surface area contributed by atoms with Crippen molar-refractivity contribution >= 4 is 27.5 Å². The number of aromatic nitrogens is 3. The Morgan fingerprint density at radius 1 is 1.04 bits per heavy atom. The third-order valence-corrected chi connectivity index (χ3v) is 12.4. The van der Waals surface area contributed by atoms with E-state index in [4.69, 9.17) is 24.2 Å². The number of halogens is 2. The Morgan fingerprint density at radius 2 is 1.85 bits per heavy atom. The van der Waals surface area contributed by atoms with E-state index in [-0.39, 0.29) is 47.1 Å². The zero-order valence-electron chi connectivity index (χ0n) is 31.0. The normalized spacial score (nSPS) is 28.3. The van der Waals surface area contributed by atoms with E-state index in [1.54, 1.807) is 19.1 Å². The van der Waals surface area contributed by atoms with Crippen LogP contribution in [0, 0.1) is 17.0 Å². The molecule has 4 aromatic rings. The van der Waals surface area contributed by atoms with Gasteiger partial charge in [-0.1, -0.05) is 19.4 Å². The Balaban J connectivity index is 1.19. The molecule has 0 spiro atoms. The molecule has 284 valence electrons. The molecule has 4 fully saturated rings. The van der Waals surface area contributed by atoms with Gasteiger partial charge in [0.25, 0.3) is 0 Å². The lowest BCUT2D eigenvalue weighted by Crippen LogP contribution is -2.56. The number of hydrogen-bond donors (Lipinski definition) is 2. The molecule has 0 bridgehead atoms. The SMILES string of the molecule is CCc1c(F)ccc2cc(O)cc(-c3ncc4c(N5CCOCC(C)(O)C5)nc(OCC56CCCC5N(C5CCC(OC)CC5)CCC6)nc4c3F)c12. The summed E-state index contributed by atoms with van der Waals surface area (Å²) in [6.07, 6.45) is 12.2. The first kappa shape index (κ1) is 36.3. The van der Waals surface area contributed by atoms with Gasteiger partial charge >= 0.3 is 6.01 Å². The van der Waals surface area contributed by atoms with E-state index in [1.807, 2.05) is 18.9 Å². The molecule has 2 aliphatic heterocycles. The summed E-state index contributed by atoms with van der Waals surface area (Å²) in [4.78, 5) is 18.8. The summed E-state index contributed by atoms with van der Waals surface area (Å²) in [6, 6.07) is 6.92. The molecule has 3 atom stereocenters. The minimum Gasteiger partial charge on any atom is -0.508 e. The van der Waals surface area contributed by atoms with Crippen LogP contribution in [0.3, 0.4) is 0 Å². The lowest BCUT2D eigenvalue weighted by molar-refractivity contribution is -0.0429. The predicted octanol–water partition coefficient (Wildman–Crippen LogP) is 6.95.